The molecule has 1 rings (SSSR count). The van der Waals surface area contributed by atoms with Gasteiger partial charge >= 0.3 is 0 Å². The van der Waals surface area contributed by atoms with Crippen LogP contribution < -0.4 is 4.74 Å². The zero-order valence-corrected chi connectivity index (χ0v) is 10.8. The first-order valence-electron chi connectivity index (χ1n) is 6.02. The summed E-state index contributed by atoms with van der Waals surface area (Å²) in [7, 11) is 1.63. The second-order valence-electron chi connectivity index (χ2n) is 4.17. The molecule has 0 amide bonds. The molecule has 0 aliphatic carbocycles. The maximum Gasteiger partial charge on any atom is 0.121 e. The van der Waals surface area contributed by atoms with Gasteiger partial charge in [-0.25, -0.2) is 0 Å². The van der Waals surface area contributed by atoms with E-state index in [1.54, 1.807) is 7.11 Å². The molecule has 0 saturated heterocycles. The lowest BCUT2D eigenvalue weighted by Crippen LogP contribution is -1.97. The summed E-state index contributed by atoms with van der Waals surface area (Å²) in [4.78, 5) is 2.89. The molecule has 18 heavy (non-hydrogen) atoms. The smallest absolute Gasteiger partial charge is 0.121 e. The highest BCUT2D eigenvalue weighted by Gasteiger charge is 2.10. The fourth-order valence-electron chi connectivity index (χ4n) is 1.91. The molecule has 5 heteroatoms. The first kappa shape index (κ1) is 14.4. The molecule has 0 bridgehead atoms. The van der Waals surface area contributed by atoms with Gasteiger partial charge in [-0.3, -0.25) is 0 Å². The number of azide groups is 1. The number of methoxy groups -OCH3 is 1. The minimum atomic E-state index is -0.175. The standard InChI is InChI=1S/C13H19N3O2/c1-10-9-11(6-7-13(10)18-2)12(15-16-14)5-3-4-8-17/h6-7,9,12,17H,3-5,8H2,1-2H3. The number of ether oxygens (including phenoxy) is 1. The summed E-state index contributed by atoms with van der Waals surface area (Å²) in [5.74, 6) is 0.828. The number of nitrogens with zero attached hydrogens (tertiary/aromatic N) is 3. The molecule has 0 aliphatic heterocycles. The molecule has 0 heterocycles. The topological polar surface area (TPSA) is 78.2 Å². The van der Waals surface area contributed by atoms with Gasteiger partial charge in [-0.2, -0.15) is 0 Å². The van der Waals surface area contributed by atoms with E-state index in [9.17, 15) is 0 Å². The highest BCUT2D eigenvalue weighted by Crippen LogP contribution is 2.28. The van der Waals surface area contributed by atoms with Crippen molar-refractivity contribution in [2.45, 2.75) is 32.2 Å². The van der Waals surface area contributed by atoms with Crippen LogP contribution in [-0.4, -0.2) is 18.8 Å². The van der Waals surface area contributed by atoms with Gasteiger partial charge in [-0.1, -0.05) is 23.7 Å². The summed E-state index contributed by atoms with van der Waals surface area (Å²) in [6.07, 6.45) is 2.31. The fraction of sp³-hybridized carbons (Fsp3) is 0.538. The van der Waals surface area contributed by atoms with Gasteiger partial charge in [0.2, 0.25) is 0 Å². The lowest BCUT2D eigenvalue weighted by molar-refractivity contribution is 0.281. The first-order chi connectivity index (χ1) is 8.72. The molecule has 0 radical (unpaired) electrons. The molecule has 1 unspecified atom stereocenters. The van der Waals surface area contributed by atoms with Crippen LogP contribution in [0.25, 0.3) is 10.4 Å². The summed E-state index contributed by atoms with van der Waals surface area (Å²) in [6.45, 7) is 2.13. The van der Waals surface area contributed by atoms with E-state index in [4.69, 9.17) is 15.4 Å². The number of unbranched alkanes of at least 4 members (excludes halogenated alkanes) is 1. The molecule has 0 saturated carbocycles. The van der Waals surface area contributed by atoms with E-state index in [0.29, 0.717) is 0 Å². The van der Waals surface area contributed by atoms with Crippen molar-refractivity contribution in [1.82, 2.24) is 0 Å². The van der Waals surface area contributed by atoms with Crippen molar-refractivity contribution in [1.29, 1.82) is 0 Å². The quantitative estimate of drug-likeness (QED) is 0.347. The Morgan fingerprint density at radius 2 is 2.22 bits per heavy atom. The average Bonchev–Trinajstić information content (AvgIpc) is 2.38. The van der Waals surface area contributed by atoms with Crippen LogP contribution in [0.2, 0.25) is 0 Å². The number of aliphatic hydroxyl groups is 1. The van der Waals surface area contributed by atoms with Crippen molar-refractivity contribution < 1.29 is 9.84 Å². The van der Waals surface area contributed by atoms with E-state index in [2.05, 4.69) is 10.0 Å². The molecule has 1 N–H and O–H groups in total. The number of benzene rings is 1. The number of aryl methyl sites for hydroxylation is 1. The lowest BCUT2D eigenvalue weighted by atomic mass is 10.00. The Labute approximate surface area is 107 Å². The average molecular weight is 249 g/mol. The van der Waals surface area contributed by atoms with Gasteiger partial charge in [0.1, 0.15) is 5.75 Å². The molecule has 0 aliphatic rings. The number of hydrogen-bond acceptors (Lipinski definition) is 3. The van der Waals surface area contributed by atoms with Gasteiger partial charge < -0.3 is 9.84 Å². The first-order valence-corrected chi connectivity index (χ1v) is 6.02. The molecule has 1 atom stereocenters. The second-order valence-corrected chi connectivity index (χ2v) is 4.17. The fourth-order valence-corrected chi connectivity index (χ4v) is 1.91. The molecule has 1 aromatic carbocycles. The van der Waals surface area contributed by atoms with Gasteiger partial charge in [0.15, 0.2) is 0 Å². The van der Waals surface area contributed by atoms with Crippen LogP contribution in [0.5, 0.6) is 5.75 Å². The van der Waals surface area contributed by atoms with Crippen LogP contribution in [0.4, 0.5) is 0 Å². The summed E-state index contributed by atoms with van der Waals surface area (Å²) in [5.41, 5.74) is 10.6. The van der Waals surface area contributed by atoms with E-state index < -0.39 is 0 Å². The number of aliphatic hydroxyl groups excluding tert-OH is 1. The highest BCUT2D eigenvalue weighted by atomic mass is 16.5. The Bertz CT molecular complexity index is 428. The zero-order valence-electron chi connectivity index (χ0n) is 10.8. The van der Waals surface area contributed by atoms with Gasteiger partial charge in [-0.05, 0) is 42.5 Å². The Balaban J connectivity index is 2.84. The van der Waals surface area contributed by atoms with Crippen molar-refractivity contribution in [2.75, 3.05) is 13.7 Å². The van der Waals surface area contributed by atoms with E-state index >= 15 is 0 Å². The maximum absolute atomic E-state index is 8.77. The normalized spacial score (nSPS) is 11.7. The van der Waals surface area contributed by atoms with Gasteiger partial charge in [-0.15, -0.1) is 0 Å². The molecule has 0 aromatic heterocycles. The third-order valence-corrected chi connectivity index (χ3v) is 2.88. The second kappa shape index (κ2) is 7.58. The predicted octanol–water partition coefficient (Wildman–Crippen LogP) is 3.52. The third-order valence-electron chi connectivity index (χ3n) is 2.88. The van der Waals surface area contributed by atoms with Crippen LogP contribution in [0.15, 0.2) is 23.3 Å². The van der Waals surface area contributed by atoms with E-state index in [-0.39, 0.29) is 12.6 Å². The van der Waals surface area contributed by atoms with Crippen molar-refractivity contribution in [2.24, 2.45) is 5.11 Å². The molecular formula is C13H19N3O2. The minimum absolute atomic E-state index is 0.171. The number of rotatable bonds is 7. The van der Waals surface area contributed by atoms with E-state index in [0.717, 1.165) is 36.1 Å². The van der Waals surface area contributed by atoms with Crippen molar-refractivity contribution in [3.05, 3.63) is 39.8 Å². The molecule has 0 fully saturated rings. The number of hydrogen-bond donors (Lipinski definition) is 1. The van der Waals surface area contributed by atoms with E-state index in [1.807, 2.05) is 25.1 Å². The van der Waals surface area contributed by atoms with Crippen LogP contribution in [0.1, 0.15) is 36.4 Å². The van der Waals surface area contributed by atoms with Gasteiger partial charge in [0, 0.05) is 11.5 Å². The van der Waals surface area contributed by atoms with Crippen LogP contribution >= 0.6 is 0 Å². The van der Waals surface area contributed by atoms with Crippen molar-refractivity contribution in [3.8, 4) is 5.75 Å². The summed E-state index contributed by atoms with van der Waals surface area (Å²) < 4.78 is 5.20. The van der Waals surface area contributed by atoms with Crippen molar-refractivity contribution >= 4 is 0 Å². The SMILES string of the molecule is COc1ccc(C(CCCCO)N=[N+]=[N-])cc1C. The van der Waals surface area contributed by atoms with Gasteiger partial charge in [0.25, 0.3) is 0 Å². The summed E-state index contributed by atoms with van der Waals surface area (Å²) in [6, 6.07) is 5.61. The highest BCUT2D eigenvalue weighted by molar-refractivity contribution is 5.37. The third kappa shape index (κ3) is 3.95. The largest absolute Gasteiger partial charge is 0.496 e. The molecule has 98 valence electrons. The molecule has 5 nitrogen and oxygen atoms in total. The predicted molar refractivity (Wildman–Crippen MR) is 70.6 cm³/mol. The van der Waals surface area contributed by atoms with Crippen molar-refractivity contribution in [3.63, 3.8) is 0 Å². The summed E-state index contributed by atoms with van der Waals surface area (Å²) in [5, 5.41) is 12.6. The summed E-state index contributed by atoms with van der Waals surface area (Å²) >= 11 is 0. The molecule has 0 spiro atoms. The van der Waals surface area contributed by atoms with Crippen LogP contribution in [0.3, 0.4) is 0 Å². The Hall–Kier alpha value is -1.71. The maximum atomic E-state index is 8.77. The van der Waals surface area contributed by atoms with E-state index in [1.165, 1.54) is 0 Å². The minimum Gasteiger partial charge on any atom is -0.496 e. The van der Waals surface area contributed by atoms with Crippen LogP contribution in [-0.2, 0) is 0 Å². The monoisotopic (exact) mass is 249 g/mol. The lowest BCUT2D eigenvalue weighted by Gasteiger charge is -2.13. The Morgan fingerprint density at radius 3 is 2.78 bits per heavy atom. The molecule has 1 aromatic rings. The zero-order chi connectivity index (χ0) is 13.4. The van der Waals surface area contributed by atoms with Crippen LogP contribution in [0, 0.1) is 6.92 Å². The Morgan fingerprint density at radius 1 is 1.44 bits per heavy atom. The Kier molecular flexibility index (Phi) is 6.05. The molecular weight excluding hydrogens is 230 g/mol. The van der Waals surface area contributed by atoms with Gasteiger partial charge in [0.05, 0.1) is 13.2 Å².